The summed E-state index contributed by atoms with van der Waals surface area (Å²) < 4.78 is 0. The van der Waals surface area contributed by atoms with E-state index in [-0.39, 0.29) is 0 Å². The monoisotopic (exact) mass is 321 g/mol. The van der Waals surface area contributed by atoms with E-state index in [4.69, 9.17) is 11.6 Å². The van der Waals surface area contributed by atoms with E-state index in [1.54, 1.807) is 17.5 Å². The smallest absolute Gasteiger partial charge is 0.129 e. The van der Waals surface area contributed by atoms with E-state index in [1.807, 2.05) is 0 Å². The fourth-order valence-corrected chi connectivity index (χ4v) is 3.25. The summed E-state index contributed by atoms with van der Waals surface area (Å²) in [5, 5.41) is 6.36. The molecule has 3 nitrogen and oxygen atoms in total. The summed E-state index contributed by atoms with van der Waals surface area (Å²) in [6, 6.07) is 7.34. The van der Waals surface area contributed by atoms with Crippen LogP contribution in [0.3, 0.4) is 0 Å². The summed E-state index contributed by atoms with van der Waals surface area (Å²) in [5.74, 6) is 0.966. The molecule has 1 fully saturated rings. The van der Waals surface area contributed by atoms with Crippen molar-refractivity contribution >= 4 is 28.8 Å². The molecule has 1 unspecified atom stereocenters. The number of hydrogen-bond donors (Lipinski definition) is 1. The first kappa shape index (κ1) is 14.8. The Labute approximate surface area is 135 Å². The summed E-state index contributed by atoms with van der Waals surface area (Å²) in [6.07, 6.45) is 4.33. The SMILES string of the molecule is CC(c1cccs1)N(C)c1cc(CNC2CC2)c(Cl)cn1. The fraction of sp³-hybridized carbons (Fsp3) is 0.438. The van der Waals surface area contributed by atoms with Crippen LogP contribution >= 0.6 is 22.9 Å². The third-order valence-corrected chi connectivity index (χ3v) is 5.36. The Bertz CT molecular complexity index is 596. The third kappa shape index (κ3) is 3.57. The van der Waals surface area contributed by atoms with Crippen molar-refractivity contribution in [3.05, 3.63) is 45.2 Å². The third-order valence-electron chi connectivity index (χ3n) is 3.98. The van der Waals surface area contributed by atoms with E-state index < -0.39 is 0 Å². The lowest BCUT2D eigenvalue weighted by atomic mass is 10.2. The molecule has 0 radical (unpaired) electrons. The molecule has 1 aliphatic rings. The van der Waals surface area contributed by atoms with E-state index in [1.165, 1.54) is 17.7 Å². The van der Waals surface area contributed by atoms with Gasteiger partial charge in [0.1, 0.15) is 5.82 Å². The van der Waals surface area contributed by atoms with Crippen LogP contribution in [0.1, 0.15) is 36.2 Å². The Morgan fingerprint density at radius 3 is 3.00 bits per heavy atom. The normalized spacial score (nSPS) is 16.0. The van der Waals surface area contributed by atoms with E-state index in [2.05, 4.69) is 52.8 Å². The number of aromatic nitrogens is 1. The van der Waals surface area contributed by atoms with Crippen LogP contribution in [0.2, 0.25) is 5.02 Å². The van der Waals surface area contributed by atoms with Crippen molar-refractivity contribution in [2.75, 3.05) is 11.9 Å². The lowest BCUT2D eigenvalue weighted by molar-refractivity contribution is 0.685. The number of halogens is 1. The highest BCUT2D eigenvalue weighted by molar-refractivity contribution is 7.10. The Hall–Kier alpha value is -1.10. The van der Waals surface area contributed by atoms with Gasteiger partial charge in [0.15, 0.2) is 0 Å². The van der Waals surface area contributed by atoms with Crippen molar-refractivity contribution in [3.63, 3.8) is 0 Å². The summed E-state index contributed by atoms with van der Waals surface area (Å²) in [5.41, 5.74) is 1.12. The average Bonchev–Trinajstić information content (AvgIpc) is 3.16. The molecule has 0 aromatic carbocycles. The second-order valence-electron chi connectivity index (χ2n) is 5.59. The van der Waals surface area contributed by atoms with Crippen molar-refractivity contribution in [2.24, 2.45) is 0 Å². The predicted octanol–water partition coefficient (Wildman–Crippen LogP) is 4.25. The summed E-state index contributed by atoms with van der Waals surface area (Å²) in [4.78, 5) is 8.02. The van der Waals surface area contributed by atoms with Crippen LogP contribution in [-0.2, 0) is 6.54 Å². The minimum absolute atomic E-state index is 0.308. The molecule has 5 heteroatoms. The Morgan fingerprint density at radius 2 is 2.33 bits per heavy atom. The molecule has 1 aliphatic carbocycles. The first-order valence-corrected chi connectivity index (χ1v) is 8.55. The molecule has 1 atom stereocenters. The number of rotatable bonds is 6. The molecule has 2 heterocycles. The molecule has 0 aliphatic heterocycles. The van der Waals surface area contributed by atoms with Gasteiger partial charge >= 0.3 is 0 Å². The second-order valence-corrected chi connectivity index (χ2v) is 6.98. The number of nitrogens with zero attached hydrogens (tertiary/aromatic N) is 2. The standard InChI is InChI=1S/C16H20ClN3S/c1-11(15-4-3-7-21-15)20(2)16-8-12(14(17)10-19-16)9-18-13-5-6-13/h3-4,7-8,10-11,13,18H,5-6,9H2,1-2H3. The molecule has 0 bridgehead atoms. The van der Waals surface area contributed by atoms with Gasteiger partial charge < -0.3 is 10.2 Å². The van der Waals surface area contributed by atoms with Crippen molar-refractivity contribution in [2.45, 2.75) is 38.4 Å². The molecule has 1 N–H and O–H groups in total. The van der Waals surface area contributed by atoms with Gasteiger partial charge in [-0.05, 0) is 42.8 Å². The van der Waals surface area contributed by atoms with Gasteiger partial charge in [-0.3, -0.25) is 0 Å². The van der Waals surface area contributed by atoms with Crippen LogP contribution in [0.15, 0.2) is 29.8 Å². The molecule has 0 spiro atoms. The Morgan fingerprint density at radius 1 is 1.52 bits per heavy atom. The highest BCUT2D eigenvalue weighted by atomic mass is 35.5. The topological polar surface area (TPSA) is 28.2 Å². The zero-order valence-electron chi connectivity index (χ0n) is 12.3. The Balaban J connectivity index is 1.75. The molecule has 21 heavy (non-hydrogen) atoms. The number of thiophene rings is 1. The van der Waals surface area contributed by atoms with Gasteiger partial charge in [0.25, 0.3) is 0 Å². The molecule has 2 aromatic rings. The van der Waals surface area contributed by atoms with E-state index in [0.29, 0.717) is 12.1 Å². The first-order valence-electron chi connectivity index (χ1n) is 7.29. The van der Waals surface area contributed by atoms with Gasteiger partial charge in [-0.25, -0.2) is 4.98 Å². The molecule has 0 amide bonds. The lowest BCUT2D eigenvalue weighted by Crippen LogP contribution is -2.22. The van der Waals surface area contributed by atoms with Crippen LogP contribution in [0, 0.1) is 0 Å². The predicted molar refractivity (Wildman–Crippen MR) is 90.2 cm³/mol. The first-order chi connectivity index (χ1) is 10.1. The largest absolute Gasteiger partial charge is 0.352 e. The molecular weight excluding hydrogens is 302 g/mol. The second kappa shape index (κ2) is 6.34. The number of nitrogens with one attached hydrogen (secondary N) is 1. The molecule has 2 aromatic heterocycles. The van der Waals surface area contributed by atoms with Gasteiger partial charge in [0.2, 0.25) is 0 Å². The van der Waals surface area contributed by atoms with Crippen molar-refractivity contribution in [1.29, 1.82) is 0 Å². The van der Waals surface area contributed by atoms with Crippen molar-refractivity contribution < 1.29 is 0 Å². The highest BCUT2D eigenvalue weighted by Crippen LogP contribution is 2.29. The van der Waals surface area contributed by atoms with Crippen LogP contribution in [-0.4, -0.2) is 18.1 Å². The number of hydrogen-bond acceptors (Lipinski definition) is 4. The summed E-state index contributed by atoms with van der Waals surface area (Å²) >= 11 is 8.04. The zero-order chi connectivity index (χ0) is 14.8. The van der Waals surface area contributed by atoms with Gasteiger partial charge in [-0.1, -0.05) is 17.7 Å². The van der Waals surface area contributed by atoms with Crippen LogP contribution in [0.5, 0.6) is 0 Å². The van der Waals surface area contributed by atoms with Crippen LogP contribution in [0.25, 0.3) is 0 Å². The molecule has 3 rings (SSSR count). The summed E-state index contributed by atoms with van der Waals surface area (Å²) in [6.45, 7) is 3.02. The van der Waals surface area contributed by atoms with E-state index in [9.17, 15) is 0 Å². The van der Waals surface area contributed by atoms with Crippen LogP contribution < -0.4 is 10.2 Å². The minimum atomic E-state index is 0.308. The maximum atomic E-state index is 6.26. The Kier molecular flexibility index (Phi) is 4.48. The summed E-state index contributed by atoms with van der Waals surface area (Å²) in [7, 11) is 2.08. The zero-order valence-corrected chi connectivity index (χ0v) is 13.9. The van der Waals surface area contributed by atoms with Gasteiger partial charge in [-0.2, -0.15) is 0 Å². The maximum absolute atomic E-state index is 6.26. The fourth-order valence-electron chi connectivity index (χ4n) is 2.26. The van der Waals surface area contributed by atoms with Gasteiger partial charge in [-0.15, -0.1) is 11.3 Å². The van der Waals surface area contributed by atoms with Crippen molar-refractivity contribution in [3.8, 4) is 0 Å². The van der Waals surface area contributed by atoms with E-state index in [0.717, 1.165) is 22.9 Å². The lowest BCUT2D eigenvalue weighted by Gasteiger charge is -2.25. The maximum Gasteiger partial charge on any atom is 0.129 e. The minimum Gasteiger partial charge on any atom is -0.352 e. The van der Waals surface area contributed by atoms with Crippen LogP contribution in [0.4, 0.5) is 5.82 Å². The quantitative estimate of drug-likeness (QED) is 0.862. The number of pyridine rings is 1. The van der Waals surface area contributed by atoms with E-state index >= 15 is 0 Å². The van der Waals surface area contributed by atoms with Gasteiger partial charge in [0.05, 0.1) is 11.1 Å². The molecule has 0 saturated heterocycles. The average molecular weight is 322 g/mol. The molecule has 1 saturated carbocycles. The molecular formula is C16H20ClN3S. The van der Waals surface area contributed by atoms with Gasteiger partial charge in [0, 0.05) is 30.7 Å². The number of anilines is 1. The highest BCUT2D eigenvalue weighted by Gasteiger charge is 2.21. The molecule has 112 valence electrons. The van der Waals surface area contributed by atoms with Crippen molar-refractivity contribution in [1.82, 2.24) is 10.3 Å².